The molecule has 2 aromatic heterocycles. The maximum absolute atomic E-state index is 12.3. The highest BCUT2D eigenvalue weighted by Gasteiger charge is 2.33. The van der Waals surface area contributed by atoms with Gasteiger partial charge in [0.2, 0.25) is 0 Å². The van der Waals surface area contributed by atoms with Crippen molar-refractivity contribution in [3.63, 3.8) is 0 Å². The molecule has 2 N–H and O–H groups in total. The average Bonchev–Trinajstić information content (AvgIpc) is 3.12. The van der Waals surface area contributed by atoms with E-state index in [2.05, 4.69) is 15.3 Å². The number of H-pyrrole nitrogens is 1. The van der Waals surface area contributed by atoms with Gasteiger partial charge in [0.05, 0.1) is 16.8 Å². The van der Waals surface area contributed by atoms with Crippen molar-refractivity contribution in [2.75, 3.05) is 0 Å². The van der Waals surface area contributed by atoms with Crippen LogP contribution in [0.3, 0.4) is 0 Å². The number of benzene rings is 2. The SMILES string of the molecule is Cc1cccc(-c2nc3c(c4c2[nH]c2ccccc24)C(=O)NC3=O)c1. The van der Waals surface area contributed by atoms with E-state index >= 15 is 0 Å². The van der Waals surface area contributed by atoms with Crippen LogP contribution < -0.4 is 5.32 Å². The van der Waals surface area contributed by atoms with Crippen LogP contribution in [0.15, 0.2) is 48.5 Å². The molecule has 0 fully saturated rings. The number of amides is 2. The van der Waals surface area contributed by atoms with Gasteiger partial charge >= 0.3 is 0 Å². The summed E-state index contributed by atoms with van der Waals surface area (Å²) in [5.41, 5.74) is 4.92. The number of aromatic nitrogens is 2. The van der Waals surface area contributed by atoms with E-state index in [1.807, 2.05) is 55.5 Å². The van der Waals surface area contributed by atoms with Crippen molar-refractivity contribution in [1.82, 2.24) is 15.3 Å². The lowest BCUT2D eigenvalue weighted by Gasteiger charge is -2.07. The van der Waals surface area contributed by atoms with E-state index in [0.717, 1.165) is 32.9 Å². The zero-order valence-electron chi connectivity index (χ0n) is 13.4. The van der Waals surface area contributed by atoms with Crippen LogP contribution in [0.4, 0.5) is 0 Å². The Hall–Kier alpha value is -3.47. The largest absolute Gasteiger partial charge is 0.353 e. The highest BCUT2D eigenvalue weighted by Crippen LogP contribution is 2.37. The standard InChI is InChI=1S/C20H13N3O2/c1-10-5-4-6-11(9-10)16-17-14(12-7-2-3-8-13(12)21-17)15-18(22-16)20(25)23-19(15)24/h2-9,21H,1H3,(H,23,24,25). The van der Waals surface area contributed by atoms with Gasteiger partial charge in [0.15, 0.2) is 0 Å². The first-order valence-electron chi connectivity index (χ1n) is 8.00. The summed E-state index contributed by atoms with van der Waals surface area (Å²) in [6, 6.07) is 15.7. The fourth-order valence-corrected chi connectivity index (χ4v) is 3.53. The second-order valence-corrected chi connectivity index (χ2v) is 6.26. The molecule has 0 radical (unpaired) electrons. The lowest BCUT2D eigenvalue weighted by atomic mass is 10.0. The van der Waals surface area contributed by atoms with Crippen LogP contribution in [0.1, 0.15) is 26.4 Å². The summed E-state index contributed by atoms with van der Waals surface area (Å²) in [6.45, 7) is 2.01. The topological polar surface area (TPSA) is 74.8 Å². The van der Waals surface area contributed by atoms with Gasteiger partial charge in [-0.2, -0.15) is 0 Å². The Balaban J connectivity index is 2.00. The van der Waals surface area contributed by atoms with E-state index in [0.29, 0.717) is 11.3 Å². The van der Waals surface area contributed by atoms with E-state index in [1.54, 1.807) is 0 Å². The third kappa shape index (κ3) is 1.86. The quantitative estimate of drug-likeness (QED) is 0.525. The number of pyridine rings is 1. The molecular formula is C20H13N3O2. The molecule has 0 atom stereocenters. The molecule has 0 saturated carbocycles. The first kappa shape index (κ1) is 13.9. The molecule has 0 unspecified atom stereocenters. The first-order chi connectivity index (χ1) is 12.1. The molecule has 1 aliphatic heterocycles. The Kier molecular flexibility index (Phi) is 2.65. The van der Waals surface area contributed by atoms with Gasteiger partial charge in [-0.25, -0.2) is 4.98 Å². The number of carbonyl (C=O) groups is 2. The summed E-state index contributed by atoms with van der Waals surface area (Å²) in [7, 11) is 0. The molecule has 0 bridgehead atoms. The molecule has 25 heavy (non-hydrogen) atoms. The number of para-hydroxylation sites is 1. The van der Waals surface area contributed by atoms with E-state index in [1.165, 1.54) is 0 Å². The monoisotopic (exact) mass is 327 g/mol. The number of nitrogens with one attached hydrogen (secondary N) is 2. The third-order valence-corrected chi connectivity index (χ3v) is 4.61. The molecule has 5 nitrogen and oxygen atoms in total. The van der Waals surface area contributed by atoms with Crippen molar-refractivity contribution in [3.05, 3.63) is 65.4 Å². The van der Waals surface area contributed by atoms with Gasteiger partial charge in [0, 0.05) is 21.9 Å². The molecule has 4 aromatic rings. The van der Waals surface area contributed by atoms with Crippen molar-refractivity contribution < 1.29 is 9.59 Å². The Labute approximate surface area is 142 Å². The lowest BCUT2D eigenvalue weighted by Crippen LogP contribution is -2.20. The van der Waals surface area contributed by atoms with Crippen LogP contribution in [-0.4, -0.2) is 21.8 Å². The number of imide groups is 1. The van der Waals surface area contributed by atoms with E-state index in [4.69, 9.17) is 0 Å². The number of hydrogen-bond acceptors (Lipinski definition) is 3. The van der Waals surface area contributed by atoms with Crippen molar-refractivity contribution in [2.45, 2.75) is 6.92 Å². The molecular weight excluding hydrogens is 314 g/mol. The van der Waals surface area contributed by atoms with Gasteiger partial charge in [0.25, 0.3) is 11.8 Å². The molecule has 2 amide bonds. The minimum absolute atomic E-state index is 0.193. The fraction of sp³-hybridized carbons (Fsp3) is 0.0500. The predicted molar refractivity (Wildman–Crippen MR) is 95.6 cm³/mol. The molecule has 0 aliphatic carbocycles. The normalized spacial score (nSPS) is 13.5. The van der Waals surface area contributed by atoms with Crippen molar-refractivity contribution in [2.24, 2.45) is 0 Å². The molecule has 5 heteroatoms. The minimum Gasteiger partial charge on any atom is -0.353 e. The minimum atomic E-state index is -0.443. The Morgan fingerprint density at radius 3 is 2.60 bits per heavy atom. The summed E-state index contributed by atoms with van der Waals surface area (Å²) in [5, 5.41) is 4.03. The van der Waals surface area contributed by atoms with Crippen LogP contribution in [0.25, 0.3) is 33.1 Å². The summed E-state index contributed by atoms with van der Waals surface area (Å²) in [6.07, 6.45) is 0. The van der Waals surface area contributed by atoms with E-state index in [-0.39, 0.29) is 5.69 Å². The van der Waals surface area contributed by atoms with Crippen molar-refractivity contribution in [3.8, 4) is 11.3 Å². The molecule has 120 valence electrons. The van der Waals surface area contributed by atoms with E-state index in [9.17, 15) is 9.59 Å². The summed E-state index contributed by atoms with van der Waals surface area (Å²) < 4.78 is 0. The zero-order chi connectivity index (χ0) is 17.1. The fourth-order valence-electron chi connectivity index (χ4n) is 3.53. The molecule has 5 rings (SSSR count). The maximum atomic E-state index is 12.3. The van der Waals surface area contributed by atoms with Crippen LogP contribution in [0.2, 0.25) is 0 Å². The van der Waals surface area contributed by atoms with Gasteiger partial charge in [-0.05, 0) is 19.1 Å². The Morgan fingerprint density at radius 1 is 0.920 bits per heavy atom. The second kappa shape index (κ2) is 4.77. The van der Waals surface area contributed by atoms with Crippen molar-refractivity contribution in [1.29, 1.82) is 0 Å². The summed E-state index contributed by atoms with van der Waals surface area (Å²) in [4.78, 5) is 32.5. The maximum Gasteiger partial charge on any atom is 0.277 e. The number of hydrogen-bond donors (Lipinski definition) is 2. The van der Waals surface area contributed by atoms with Gasteiger partial charge < -0.3 is 4.98 Å². The van der Waals surface area contributed by atoms with Crippen LogP contribution >= 0.6 is 0 Å². The first-order valence-corrected chi connectivity index (χ1v) is 8.00. The highest BCUT2D eigenvalue weighted by atomic mass is 16.2. The average molecular weight is 327 g/mol. The molecule has 1 aliphatic rings. The zero-order valence-corrected chi connectivity index (χ0v) is 13.4. The number of aryl methyl sites for hydroxylation is 1. The van der Waals surface area contributed by atoms with Crippen LogP contribution in [-0.2, 0) is 0 Å². The second-order valence-electron chi connectivity index (χ2n) is 6.26. The van der Waals surface area contributed by atoms with Gasteiger partial charge in [-0.15, -0.1) is 0 Å². The van der Waals surface area contributed by atoms with E-state index < -0.39 is 11.8 Å². The smallest absolute Gasteiger partial charge is 0.277 e. The molecule has 3 heterocycles. The van der Waals surface area contributed by atoms with Crippen LogP contribution in [0.5, 0.6) is 0 Å². The number of nitrogens with zero attached hydrogens (tertiary/aromatic N) is 1. The van der Waals surface area contributed by atoms with Gasteiger partial charge in [-0.1, -0.05) is 42.0 Å². The predicted octanol–water partition coefficient (Wildman–Crippen LogP) is 3.58. The summed E-state index contributed by atoms with van der Waals surface area (Å²) >= 11 is 0. The lowest BCUT2D eigenvalue weighted by molar-refractivity contribution is 0.0878. The number of fused-ring (bicyclic) bond motifs is 5. The van der Waals surface area contributed by atoms with Crippen LogP contribution in [0, 0.1) is 6.92 Å². The molecule has 0 saturated heterocycles. The Morgan fingerprint density at radius 2 is 1.76 bits per heavy atom. The number of rotatable bonds is 1. The highest BCUT2D eigenvalue weighted by molar-refractivity contribution is 6.30. The molecule has 0 spiro atoms. The number of aromatic amines is 1. The third-order valence-electron chi connectivity index (χ3n) is 4.61. The number of carbonyl (C=O) groups excluding carboxylic acids is 2. The van der Waals surface area contributed by atoms with Crippen molar-refractivity contribution >= 4 is 33.6 Å². The summed E-state index contributed by atoms with van der Waals surface area (Å²) in [5.74, 6) is -0.834. The van der Waals surface area contributed by atoms with Gasteiger partial charge in [-0.3, -0.25) is 14.9 Å². The Bertz CT molecular complexity index is 1220. The van der Waals surface area contributed by atoms with Gasteiger partial charge in [0.1, 0.15) is 5.69 Å². The molecule has 2 aromatic carbocycles.